The molecule has 1 N–H and O–H groups in total. The standard InChI is InChI=1S/C15H13Cl2NO/c1-9-3-4-10(2)14(5-9)15(19)18-13-7-11(16)6-12(17)8-13/h3-8H,1-2H3,(H,18,19). The van der Waals surface area contributed by atoms with Crippen molar-refractivity contribution >= 4 is 34.8 Å². The lowest BCUT2D eigenvalue weighted by molar-refractivity contribution is 0.102. The van der Waals surface area contributed by atoms with Gasteiger partial charge in [-0.15, -0.1) is 0 Å². The summed E-state index contributed by atoms with van der Waals surface area (Å²) in [6.45, 7) is 3.85. The number of hydrogen-bond acceptors (Lipinski definition) is 1. The fourth-order valence-corrected chi connectivity index (χ4v) is 2.33. The highest BCUT2D eigenvalue weighted by atomic mass is 35.5. The molecule has 98 valence electrons. The number of aryl methyl sites for hydroxylation is 2. The molecule has 2 rings (SSSR count). The molecule has 0 heterocycles. The van der Waals surface area contributed by atoms with E-state index in [0.717, 1.165) is 11.1 Å². The molecule has 0 aliphatic rings. The van der Waals surface area contributed by atoms with Crippen molar-refractivity contribution in [2.45, 2.75) is 13.8 Å². The molecule has 0 spiro atoms. The number of nitrogens with one attached hydrogen (secondary N) is 1. The molecule has 0 saturated heterocycles. The number of carbonyl (C=O) groups is 1. The van der Waals surface area contributed by atoms with Crippen molar-refractivity contribution in [3.8, 4) is 0 Å². The Kier molecular flexibility index (Phi) is 4.13. The largest absolute Gasteiger partial charge is 0.322 e. The van der Waals surface area contributed by atoms with Crippen molar-refractivity contribution in [1.29, 1.82) is 0 Å². The first kappa shape index (κ1) is 13.9. The number of rotatable bonds is 2. The van der Waals surface area contributed by atoms with E-state index < -0.39 is 0 Å². The molecule has 1 amide bonds. The van der Waals surface area contributed by atoms with E-state index in [4.69, 9.17) is 23.2 Å². The summed E-state index contributed by atoms with van der Waals surface area (Å²) in [6, 6.07) is 10.7. The maximum absolute atomic E-state index is 12.2. The SMILES string of the molecule is Cc1ccc(C)c(C(=O)Nc2cc(Cl)cc(Cl)c2)c1. The van der Waals surface area contributed by atoms with E-state index in [1.807, 2.05) is 32.0 Å². The third-order valence-corrected chi connectivity index (χ3v) is 3.19. The zero-order chi connectivity index (χ0) is 14.0. The van der Waals surface area contributed by atoms with Crippen LogP contribution in [0.4, 0.5) is 5.69 Å². The molecular formula is C15H13Cl2NO. The van der Waals surface area contributed by atoms with E-state index in [1.165, 1.54) is 0 Å². The first-order valence-electron chi connectivity index (χ1n) is 5.80. The van der Waals surface area contributed by atoms with Crippen LogP contribution in [0.3, 0.4) is 0 Å². The lowest BCUT2D eigenvalue weighted by Gasteiger charge is -2.09. The molecule has 0 unspecified atom stereocenters. The van der Waals surface area contributed by atoms with E-state index in [0.29, 0.717) is 21.3 Å². The fraction of sp³-hybridized carbons (Fsp3) is 0.133. The van der Waals surface area contributed by atoms with Gasteiger partial charge >= 0.3 is 0 Å². The van der Waals surface area contributed by atoms with E-state index >= 15 is 0 Å². The second-order valence-electron chi connectivity index (χ2n) is 4.43. The number of hydrogen-bond donors (Lipinski definition) is 1. The molecule has 0 aromatic heterocycles. The molecular weight excluding hydrogens is 281 g/mol. The molecule has 4 heteroatoms. The van der Waals surface area contributed by atoms with Gasteiger partial charge in [-0.05, 0) is 43.7 Å². The van der Waals surface area contributed by atoms with Crippen LogP contribution in [0.5, 0.6) is 0 Å². The van der Waals surface area contributed by atoms with Crippen molar-refractivity contribution in [1.82, 2.24) is 0 Å². The van der Waals surface area contributed by atoms with Crippen LogP contribution in [0.2, 0.25) is 10.0 Å². The van der Waals surface area contributed by atoms with Gasteiger partial charge in [-0.2, -0.15) is 0 Å². The summed E-state index contributed by atoms with van der Waals surface area (Å²) in [4.78, 5) is 12.2. The highest BCUT2D eigenvalue weighted by molar-refractivity contribution is 6.35. The van der Waals surface area contributed by atoms with Gasteiger partial charge in [-0.3, -0.25) is 4.79 Å². The first-order valence-corrected chi connectivity index (χ1v) is 6.56. The normalized spacial score (nSPS) is 10.3. The summed E-state index contributed by atoms with van der Waals surface area (Å²) in [5.74, 6) is -0.167. The zero-order valence-electron chi connectivity index (χ0n) is 10.6. The van der Waals surface area contributed by atoms with Crippen LogP contribution in [0.25, 0.3) is 0 Å². The minimum atomic E-state index is -0.167. The van der Waals surface area contributed by atoms with Crippen LogP contribution in [0.1, 0.15) is 21.5 Å². The van der Waals surface area contributed by atoms with E-state index in [1.54, 1.807) is 18.2 Å². The van der Waals surface area contributed by atoms with Gasteiger partial charge in [0.15, 0.2) is 0 Å². The smallest absolute Gasteiger partial charge is 0.255 e. The molecule has 2 aromatic rings. The molecule has 19 heavy (non-hydrogen) atoms. The minimum absolute atomic E-state index is 0.167. The Hall–Kier alpha value is -1.51. The van der Waals surface area contributed by atoms with Crippen LogP contribution in [0.15, 0.2) is 36.4 Å². The Morgan fingerprint density at radius 2 is 1.63 bits per heavy atom. The average molecular weight is 294 g/mol. The average Bonchev–Trinajstić information content (AvgIpc) is 2.30. The Morgan fingerprint density at radius 3 is 2.26 bits per heavy atom. The molecule has 0 radical (unpaired) electrons. The summed E-state index contributed by atoms with van der Waals surface area (Å²) in [5.41, 5.74) is 3.20. The molecule has 0 aliphatic carbocycles. The summed E-state index contributed by atoms with van der Waals surface area (Å²) in [6.07, 6.45) is 0. The number of halogens is 2. The van der Waals surface area contributed by atoms with Crippen molar-refractivity contribution in [2.75, 3.05) is 5.32 Å². The molecule has 2 nitrogen and oxygen atoms in total. The molecule has 2 aromatic carbocycles. The predicted molar refractivity (Wildman–Crippen MR) is 80.3 cm³/mol. The van der Waals surface area contributed by atoms with Gasteiger partial charge < -0.3 is 5.32 Å². The monoisotopic (exact) mass is 293 g/mol. The third-order valence-electron chi connectivity index (χ3n) is 2.76. The van der Waals surface area contributed by atoms with Gasteiger partial charge in [-0.1, -0.05) is 40.9 Å². The Morgan fingerprint density at radius 1 is 1.00 bits per heavy atom. The van der Waals surface area contributed by atoms with Gasteiger partial charge in [0.2, 0.25) is 0 Å². The van der Waals surface area contributed by atoms with Crippen LogP contribution in [0, 0.1) is 13.8 Å². The summed E-state index contributed by atoms with van der Waals surface area (Å²) in [7, 11) is 0. The summed E-state index contributed by atoms with van der Waals surface area (Å²) < 4.78 is 0. The van der Waals surface area contributed by atoms with Crippen LogP contribution in [-0.4, -0.2) is 5.91 Å². The highest BCUT2D eigenvalue weighted by Gasteiger charge is 2.10. The van der Waals surface area contributed by atoms with Gasteiger partial charge in [0.25, 0.3) is 5.91 Å². The summed E-state index contributed by atoms with van der Waals surface area (Å²) >= 11 is 11.8. The summed E-state index contributed by atoms with van der Waals surface area (Å²) in [5, 5.41) is 3.78. The topological polar surface area (TPSA) is 29.1 Å². The van der Waals surface area contributed by atoms with Gasteiger partial charge in [0.1, 0.15) is 0 Å². The number of amides is 1. The fourth-order valence-electron chi connectivity index (χ4n) is 1.80. The van der Waals surface area contributed by atoms with Gasteiger partial charge in [0.05, 0.1) is 0 Å². The predicted octanol–water partition coefficient (Wildman–Crippen LogP) is 4.86. The number of carbonyl (C=O) groups excluding carboxylic acids is 1. The van der Waals surface area contributed by atoms with Crippen molar-refractivity contribution < 1.29 is 4.79 Å². The number of benzene rings is 2. The second-order valence-corrected chi connectivity index (χ2v) is 5.30. The van der Waals surface area contributed by atoms with Crippen LogP contribution < -0.4 is 5.32 Å². The Labute approximate surface area is 122 Å². The highest BCUT2D eigenvalue weighted by Crippen LogP contribution is 2.23. The van der Waals surface area contributed by atoms with Gasteiger partial charge in [0, 0.05) is 21.3 Å². The van der Waals surface area contributed by atoms with E-state index in [2.05, 4.69) is 5.32 Å². The molecule has 0 atom stereocenters. The number of anilines is 1. The maximum Gasteiger partial charge on any atom is 0.255 e. The Bertz CT molecular complexity index is 618. The van der Waals surface area contributed by atoms with E-state index in [-0.39, 0.29) is 5.91 Å². The van der Waals surface area contributed by atoms with Crippen molar-refractivity contribution in [3.63, 3.8) is 0 Å². The lowest BCUT2D eigenvalue weighted by Crippen LogP contribution is -2.13. The lowest BCUT2D eigenvalue weighted by atomic mass is 10.1. The maximum atomic E-state index is 12.2. The van der Waals surface area contributed by atoms with Crippen molar-refractivity contribution in [2.24, 2.45) is 0 Å². The minimum Gasteiger partial charge on any atom is -0.322 e. The molecule has 0 bridgehead atoms. The van der Waals surface area contributed by atoms with Crippen molar-refractivity contribution in [3.05, 3.63) is 63.1 Å². The second kappa shape index (κ2) is 5.64. The quantitative estimate of drug-likeness (QED) is 0.841. The molecule has 0 aliphatic heterocycles. The van der Waals surface area contributed by atoms with Gasteiger partial charge in [-0.25, -0.2) is 0 Å². The molecule has 0 saturated carbocycles. The molecule has 0 fully saturated rings. The first-order chi connectivity index (χ1) is 8.95. The third kappa shape index (κ3) is 3.49. The van der Waals surface area contributed by atoms with E-state index in [9.17, 15) is 4.79 Å². The Balaban J connectivity index is 2.28. The van der Waals surface area contributed by atoms with Crippen LogP contribution in [-0.2, 0) is 0 Å². The van der Waals surface area contributed by atoms with Crippen LogP contribution >= 0.6 is 23.2 Å². The zero-order valence-corrected chi connectivity index (χ0v) is 12.1.